The normalized spacial score (nSPS) is 18.0. The summed E-state index contributed by atoms with van der Waals surface area (Å²) in [6, 6.07) is 3.03. The highest BCUT2D eigenvalue weighted by Crippen LogP contribution is 2.25. The first-order valence-corrected chi connectivity index (χ1v) is 7.63. The molecule has 0 bridgehead atoms. The summed E-state index contributed by atoms with van der Waals surface area (Å²) in [5.74, 6) is 0.179. The van der Waals surface area contributed by atoms with Crippen molar-refractivity contribution in [2.75, 3.05) is 20.2 Å². The van der Waals surface area contributed by atoms with Crippen LogP contribution in [0.1, 0.15) is 30.3 Å². The average Bonchev–Trinajstić information content (AvgIpc) is 3.04. The van der Waals surface area contributed by atoms with Crippen LogP contribution in [0.15, 0.2) is 18.3 Å². The molecule has 7 heteroatoms. The van der Waals surface area contributed by atoms with Crippen molar-refractivity contribution in [2.24, 2.45) is 5.92 Å². The Hall–Kier alpha value is -2.44. The van der Waals surface area contributed by atoms with Gasteiger partial charge in [0.05, 0.1) is 19.0 Å². The van der Waals surface area contributed by atoms with Crippen molar-refractivity contribution in [1.29, 1.82) is 0 Å². The second-order valence-corrected chi connectivity index (χ2v) is 5.87. The summed E-state index contributed by atoms with van der Waals surface area (Å²) >= 11 is 0. The zero-order valence-electron chi connectivity index (χ0n) is 13.2. The number of pyridine rings is 1. The Kier molecular flexibility index (Phi) is 4.27. The fraction of sp³-hybridized carbons (Fsp3) is 0.438. The third-order valence-corrected chi connectivity index (χ3v) is 4.07. The van der Waals surface area contributed by atoms with Crippen LogP contribution in [0, 0.1) is 11.7 Å². The fourth-order valence-electron chi connectivity index (χ4n) is 2.84. The van der Waals surface area contributed by atoms with Crippen LogP contribution in [0.25, 0.3) is 11.3 Å². The number of hydrogen-bond acceptors (Lipinski definition) is 4. The summed E-state index contributed by atoms with van der Waals surface area (Å²) in [5, 5.41) is 6.77. The molecule has 3 rings (SSSR count). The largest absolute Gasteiger partial charge is 0.481 e. The number of rotatable bonds is 3. The molecule has 1 atom stereocenters. The van der Waals surface area contributed by atoms with Crippen LogP contribution in [-0.2, 0) is 0 Å². The minimum atomic E-state index is -0.511. The molecule has 0 aromatic carbocycles. The van der Waals surface area contributed by atoms with E-state index in [0.717, 1.165) is 32.1 Å². The number of nitrogens with one attached hydrogen (secondary N) is 1. The number of H-pyrrole nitrogens is 1. The van der Waals surface area contributed by atoms with Crippen molar-refractivity contribution < 1.29 is 13.9 Å². The van der Waals surface area contributed by atoms with Gasteiger partial charge < -0.3 is 9.64 Å². The number of halogens is 1. The van der Waals surface area contributed by atoms with Gasteiger partial charge in [0.25, 0.3) is 5.91 Å². The van der Waals surface area contributed by atoms with Crippen LogP contribution >= 0.6 is 0 Å². The molecule has 1 aliphatic rings. The van der Waals surface area contributed by atoms with Crippen molar-refractivity contribution in [3.05, 3.63) is 29.8 Å². The van der Waals surface area contributed by atoms with E-state index in [1.807, 2.05) is 4.90 Å². The Morgan fingerprint density at radius 2 is 2.30 bits per heavy atom. The van der Waals surface area contributed by atoms with E-state index in [1.54, 1.807) is 6.07 Å². The molecule has 122 valence electrons. The summed E-state index contributed by atoms with van der Waals surface area (Å²) < 4.78 is 18.9. The highest BCUT2D eigenvalue weighted by atomic mass is 19.1. The van der Waals surface area contributed by atoms with Crippen molar-refractivity contribution in [1.82, 2.24) is 20.1 Å². The number of ether oxygens (including phenoxy) is 1. The molecule has 0 radical (unpaired) electrons. The Bertz CT molecular complexity index is 716. The molecular formula is C16H19FN4O2. The minimum Gasteiger partial charge on any atom is -0.481 e. The van der Waals surface area contributed by atoms with Crippen molar-refractivity contribution >= 4 is 5.91 Å². The Balaban J connectivity index is 1.84. The Labute approximate surface area is 133 Å². The topological polar surface area (TPSA) is 71.1 Å². The predicted octanol–water partition coefficient (Wildman–Crippen LogP) is 2.49. The van der Waals surface area contributed by atoms with Gasteiger partial charge in [0.2, 0.25) is 5.88 Å². The number of nitrogens with zero attached hydrogens (tertiary/aromatic N) is 3. The maximum atomic E-state index is 13.9. The average molecular weight is 318 g/mol. The number of aromatic nitrogens is 3. The summed E-state index contributed by atoms with van der Waals surface area (Å²) in [7, 11) is 1.46. The third-order valence-electron chi connectivity index (χ3n) is 4.07. The van der Waals surface area contributed by atoms with E-state index >= 15 is 0 Å². The maximum Gasteiger partial charge on any atom is 0.271 e. The molecule has 1 aliphatic heterocycles. The van der Waals surface area contributed by atoms with E-state index in [0.29, 0.717) is 23.2 Å². The van der Waals surface area contributed by atoms with Gasteiger partial charge in [0, 0.05) is 24.7 Å². The molecule has 0 aliphatic carbocycles. The second kappa shape index (κ2) is 6.36. The smallest absolute Gasteiger partial charge is 0.271 e. The van der Waals surface area contributed by atoms with Gasteiger partial charge in [-0.15, -0.1) is 0 Å². The molecule has 1 amide bonds. The van der Waals surface area contributed by atoms with Crippen LogP contribution in [0.5, 0.6) is 5.88 Å². The van der Waals surface area contributed by atoms with Crippen LogP contribution in [0.2, 0.25) is 0 Å². The summed E-state index contributed by atoms with van der Waals surface area (Å²) in [6.07, 6.45) is 3.22. The first-order valence-electron chi connectivity index (χ1n) is 7.63. The van der Waals surface area contributed by atoms with Gasteiger partial charge in [-0.25, -0.2) is 9.37 Å². The zero-order valence-corrected chi connectivity index (χ0v) is 13.2. The molecule has 2 aromatic heterocycles. The van der Waals surface area contributed by atoms with Crippen LogP contribution in [0.3, 0.4) is 0 Å². The van der Waals surface area contributed by atoms with E-state index in [-0.39, 0.29) is 11.5 Å². The number of carbonyl (C=O) groups is 1. The second-order valence-electron chi connectivity index (χ2n) is 5.87. The lowest BCUT2D eigenvalue weighted by Gasteiger charge is -2.30. The zero-order chi connectivity index (χ0) is 16.4. The summed E-state index contributed by atoms with van der Waals surface area (Å²) in [5.41, 5.74) is 0.972. The maximum absolute atomic E-state index is 13.9. The monoisotopic (exact) mass is 318 g/mol. The number of carbonyl (C=O) groups excluding carboxylic acids is 1. The number of likely N-dealkylation sites (tertiary alicyclic amines) is 1. The van der Waals surface area contributed by atoms with E-state index < -0.39 is 5.82 Å². The first kappa shape index (κ1) is 15.5. The quantitative estimate of drug-likeness (QED) is 0.944. The fourth-order valence-corrected chi connectivity index (χ4v) is 2.84. The molecule has 2 aromatic rings. The molecule has 1 fully saturated rings. The van der Waals surface area contributed by atoms with E-state index in [9.17, 15) is 9.18 Å². The first-order chi connectivity index (χ1) is 11.1. The molecule has 23 heavy (non-hydrogen) atoms. The van der Waals surface area contributed by atoms with E-state index in [2.05, 4.69) is 22.1 Å². The number of hydrogen-bond donors (Lipinski definition) is 1. The molecule has 1 saturated heterocycles. The number of piperidine rings is 1. The third kappa shape index (κ3) is 3.18. The van der Waals surface area contributed by atoms with Crippen LogP contribution < -0.4 is 4.74 Å². The van der Waals surface area contributed by atoms with Crippen molar-refractivity contribution in [2.45, 2.75) is 19.8 Å². The van der Waals surface area contributed by atoms with Gasteiger partial charge in [-0.3, -0.25) is 9.89 Å². The SMILES string of the molecule is COc1cc(-c2cc(C(=O)N3CCCC(C)C3)[nH]n2)c(F)cn1. The van der Waals surface area contributed by atoms with Crippen LogP contribution in [-0.4, -0.2) is 46.2 Å². The van der Waals surface area contributed by atoms with Gasteiger partial charge >= 0.3 is 0 Å². The van der Waals surface area contributed by atoms with Crippen molar-refractivity contribution in [3.8, 4) is 17.1 Å². The highest BCUT2D eigenvalue weighted by molar-refractivity contribution is 5.93. The number of methoxy groups -OCH3 is 1. The lowest BCUT2D eigenvalue weighted by atomic mass is 10.00. The molecule has 0 spiro atoms. The molecule has 6 nitrogen and oxygen atoms in total. The molecule has 1 unspecified atom stereocenters. The summed E-state index contributed by atoms with van der Waals surface area (Å²) in [6.45, 7) is 3.62. The van der Waals surface area contributed by atoms with Gasteiger partial charge in [-0.05, 0) is 24.8 Å². The molecular weight excluding hydrogens is 299 g/mol. The van der Waals surface area contributed by atoms with Gasteiger partial charge in [0.15, 0.2) is 5.82 Å². The highest BCUT2D eigenvalue weighted by Gasteiger charge is 2.24. The molecule has 0 saturated carbocycles. The predicted molar refractivity (Wildman–Crippen MR) is 82.6 cm³/mol. The van der Waals surface area contributed by atoms with Crippen LogP contribution in [0.4, 0.5) is 4.39 Å². The minimum absolute atomic E-state index is 0.100. The van der Waals surface area contributed by atoms with Gasteiger partial charge in [-0.2, -0.15) is 5.10 Å². The van der Waals surface area contributed by atoms with E-state index in [4.69, 9.17) is 4.74 Å². The van der Waals surface area contributed by atoms with Gasteiger partial charge in [0.1, 0.15) is 5.69 Å². The standard InChI is InChI=1S/C16H19FN4O2/c1-10-4-3-5-21(9-10)16(22)14-7-13(19-20-14)11-6-15(23-2)18-8-12(11)17/h6-8,10H,3-5,9H2,1-2H3,(H,19,20). The van der Waals surface area contributed by atoms with Crippen molar-refractivity contribution in [3.63, 3.8) is 0 Å². The Morgan fingerprint density at radius 3 is 3.04 bits per heavy atom. The van der Waals surface area contributed by atoms with E-state index in [1.165, 1.54) is 13.2 Å². The molecule has 3 heterocycles. The van der Waals surface area contributed by atoms with Gasteiger partial charge in [-0.1, -0.05) is 6.92 Å². The molecule has 1 N–H and O–H groups in total. The lowest BCUT2D eigenvalue weighted by molar-refractivity contribution is 0.0677. The lowest BCUT2D eigenvalue weighted by Crippen LogP contribution is -2.39. The number of amides is 1. The Morgan fingerprint density at radius 1 is 1.48 bits per heavy atom. The number of aromatic amines is 1. The summed E-state index contributed by atoms with van der Waals surface area (Å²) in [4.78, 5) is 18.1.